The first-order chi connectivity index (χ1) is 14.9. The number of benzene rings is 1. The van der Waals surface area contributed by atoms with Gasteiger partial charge in [0.05, 0.1) is 20.0 Å². The van der Waals surface area contributed by atoms with E-state index in [0.29, 0.717) is 17.9 Å². The van der Waals surface area contributed by atoms with Crippen molar-refractivity contribution in [3.8, 4) is 17.7 Å². The molecule has 0 unspecified atom stereocenters. The standard InChI is InChI=1S/C21H20I2N4O4/c1-4-5-30-20-17(22)7-14(8-18(20)23)10-25-27-19(28)12-31-21-16(9-24)15(11-29-3)6-13(2)26-21/h4,6-8,10H,1,5,11-12H2,2-3H3,(H,27,28). The van der Waals surface area contributed by atoms with Crippen LogP contribution in [0.5, 0.6) is 11.6 Å². The second-order valence-corrected chi connectivity index (χ2v) is 8.47. The van der Waals surface area contributed by atoms with Gasteiger partial charge in [0.2, 0.25) is 5.88 Å². The summed E-state index contributed by atoms with van der Waals surface area (Å²) in [5.41, 5.74) is 4.75. The molecule has 2 aromatic rings. The molecule has 1 heterocycles. The van der Waals surface area contributed by atoms with Gasteiger partial charge in [-0.05, 0) is 75.9 Å². The molecule has 0 radical (unpaired) electrons. The van der Waals surface area contributed by atoms with Gasteiger partial charge in [-0.15, -0.1) is 0 Å². The summed E-state index contributed by atoms with van der Waals surface area (Å²) in [5, 5.41) is 13.4. The van der Waals surface area contributed by atoms with Crippen LogP contribution < -0.4 is 14.9 Å². The van der Waals surface area contributed by atoms with Crippen LogP contribution in [0.2, 0.25) is 0 Å². The van der Waals surface area contributed by atoms with Gasteiger partial charge < -0.3 is 14.2 Å². The molecule has 0 atom stereocenters. The molecular formula is C21H20I2N4O4. The molecule has 31 heavy (non-hydrogen) atoms. The van der Waals surface area contributed by atoms with Crippen molar-refractivity contribution in [2.75, 3.05) is 20.3 Å². The lowest BCUT2D eigenvalue weighted by atomic mass is 10.1. The van der Waals surface area contributed by atoms with E-state index in [2.05, 4.69) is 67.3 Å². The van der Waals surface area contributed by atoms with Gasteiger partial charge in [-0.3, -0.25) is 4.79 Å². The van der Waals surface area contributed by atoms with Crippen molar-refractivity contribution in [2.24, 2.45) is 5.10 Å². The topological polar surface area (TPSA) is 106 Å². The molecule has 0 saturated carbocycles. The lowest BCUT2D eigenvalue weighted by molar-refractivity contribution is -0.123. The van der Waals surface area contributed by atoms with E-state index in [1.165, 1.54) is 13.3 Å². The summed E-state index contributed by atoms with van der Waals surface area (Å²) in [5.74, 6) is 0.391. The van der Waals surface area contributed by atoms with Crippen LogP contribution in [0.3, 0.4) is 0 Å². The first kappa shape index (κ1) is 25.0. The first-order valence-corrected chi connectivity index (χ1v) is 11.1. The molecule has 162 valence electrons. The summed E-state index contributed by atoms with van der Waals surface area (Å²) in [6.07, 6.45) is 3.21. The second-order valence-electron chi connectivity index (χ2n) is 6.14. The van der Waals surface area contributed by atoms with Gasteiger partial charge in [-0.25, -0.2) is 10.4 Å². The Kier molecular flexibility index (Phi) is 10.2. The van der Waals surface area contributed by atoms with Crippen molar-refractivity contribution in [2.45, 2.75) is 13.5 Å². The number of aromatic nitrogens is 1. The van der Waals surface area contributed by atoms with E-state index in [0.717, 1.165) is 18.5 Å². The van der Waals surface area contributed by atoms with E-state index >= 15 is 0 Å². The molecule has 0 aliphatic heterocycles. The maximum atomic E-state index is 12.1. The van der Waals surface area contributed by atoms with Crippen molar-refractivity contribution in [3.63, 3.8) is 0 Å². The highest BCUT2D eigenvalue weighted by molar-refractivity contribution is 14.1. The summed E-state index contributed by atoms with van der Waals surface area (Å²) < 4.78 is 18.0. The Hall–Kier alpha value is -2.24. The molecule has 10 heteroatoms. The Balaban J connectivity index is 2.00. The monoisotopic (exact) mass is 646 g/mol. The minimum absolute atomic E-state index is 0.0906. The molecule has 8 nitrogen and oxygen atoms in total. The number of nitrogens with one attached hydrogen (secondary N) is 1. The van der Waals surface area contributed by atoms with Gasteiger partial charge in [-0.2, -0.15) is 10.4 Å². The summed E-state index contributed by atoms with van der Waals surface area (Å²) >= 11 is 4.36. The summed E-state index contributed by atoms with van der Waals surface area (Å²) in [4.78, 5) is 16.3. The SMILES string of the molecule is C=CCOc1c(I)cc(C=NNC(=O)COc2nc(C)cc(COC)c2C#N)cc1I. The van der Waals surface area contributed by atoms with E-state index in [-0.39, 0.29) is 24.7 Å². The van der Waals surface area contributed by atoms with Crippen molar-refractivity contribution < 1.29 is 19.0 Å². The summed E-state index contributed by atoms with van der Waals surface area (Å²) in [6.45, 7) is 5.75. The predicted molar refractivity (Wildman–Crippen MR) is 133 cm³/mol. The molecule has 1 aromatic carbocycles. The van der Waals surface area contributed by atoms with Gasteiger partial charge in [-0.1, -0.05) is 12.7 Å². The number of nitrogens with zero attached hydrogens (tertiary/aromatic N) is 3. The Bertz CT molecular complexity index is 1010. The smallest absolute Gasteiger partial charge is 0.278 e. The molecule has 0 saturated heterocycles. The van der Waals surface area contributed by atoms with Crippen LogP contribution in [0.4, 0.5) is 0 Å². The number of hydrogen-bond acceptors (Lipinski definition) is 7. The zero-order valence-corrected chi connectivity index (χ0v) is 21.3. The zero-order valence-electron chi connectivity index (χ0n) is 16.9. The lowest BCUT2D eigenvalue weighted by Gasteiger charge is -2.11. The number of hydrogen-bond donors (Lipinski definition) is 1. The maximum absolute atomic E-state index is 12.1. The Morgan fingerprint density at radius 2 is 2.03 bits per heavy atom. The number of rotatable bonds is 10. The number of hydrazone groups is 1. The summed E-state index contributed by atoms with van der Waals surface area (Å²) in [6, 6.07) is 7.57. The third-order valence-electron chi connectivity index (χ3n) is 3.72. The third kappa shape index (κ3) is 7.44. The van der Waals surface area contributed by atoms with Gasteiger partial charge in [0.15, 0.2) is 6.61 Å². The van der Waals surface area contributed by atoms with Crippen LogP contribution in [-0.2, 0) is 16.1 Å². The Morgan fingerprint density at radius 1 is 1.32 bits per heavy atom. The van der Waals surface area contributed by atoms with E-state index in [1.807, 2.05) is 18.2 Å². The van der Waals surface area contributed by atoms with Crippen molar-refractivity contribution in [3.05, 3.63) is 60.4 Å². The normalized spacial score (nSPS) is 10.5. The van der Waals surface area contributed by atoms with E-state index < -0.39 is 5.91 Å². The molecule has 0 aliphatic carbocycles. The van der Waals surface area contributed by atoms with Gasteiger partial charge in [0.1, 0.15) is 24.0 Å². The number of carbonyl (C=O) groups is 1. The van der Waals surface area contributed by atoms with Crippen molar-refractivity contribution in [1.82, 2.24) is 10.4 Å². The first-order valence-electron chi connectivity index (χ1n) is 8.96. The average Bonchev–Trinajstić information content (AvgIpc) is 2.72. The Morgan fingerprint density at radius 3 is 2.65 bits per heavy atom. The fourth-order valence-corrected chi connectivity index (χ4v) is 4.61. The number of halogens is 2. The van der Waals surface area contributed by atoms with Crippen LogP contribution in [0.15, 0.2) is 36.0 Å². The highest BCUT2D eigenvalue weighted by atomic mass is 127. The highest BCUT2D eigenvalue weighted by Crippen LogP contribution is 2.28. The number of pyridine rings is 1. The van der Waals surface area contributed by atoms with Crippen molar-refractivity contribution >= 4 is 57.3 Å². The molecule has 2 rings (SSSR count). The van der Waals surface area contributed by atoms with Gasteiger partial charge in [0.25, 0.3) is 5.91 Å². The second kappa shape index (κ2) is 12.6. The van der Waals surface area contributed by atoms with Gasteiger partial charge in [0, 0.05) is 18.4 Å². The molecular weight excluding hydrogens is 626 g/mol. The zero-order chi connectivity index (χ0) is 22.8. The predicted octanol–water partition coefficient (Wildman–Crippen LogP) is 3.71. The number of ether oxygens (including phenoxy) is 3. The number of carbonyl (C=O) groups excluding carboxylic acids is 1. The maximum Gasteiger partial charge on any atom is 0.278 e. The Labute approximate surface area is 208 Å². The molecule has 1 N–H and O–H groups in total. The van der Waals surface area contributed by atoms with E-state index in [9.17, 15) is 10.1 Å². The van der Waals surface area contributed by atoms with Crippen molar-refractivity contribution in [1.29, 1.82) is 5.26 Å². The van der Waals surface area contributed by atoms with Crippen LogP contribution in [0.25, 0.3) is 0 Å². The van der Waals surface area contributed by atoms with Gasteiger partial charge >= 0.3 is 0 Å². The number of methoxy groups -OCH3 is 1. The van der Waals surface area contributed by atoms with Crippen LogP contribution >= 0.6 is 45.2 Å². The van der Waals surface area contributed by atoms with E-state index in [4.69, 9.17) is 14.2 Å². The number of nitriles is 1. The lowest BCUT2D eigenvalue weighted by Crippen LogP contribution is -2.25. The van der Waals surface area contributed by atoms with Crippen LogP contribution in [0.1, 0.15) is 22.4 Å². The van der Waals surface area contributed by atoms with Crippen LogP contribution in [0, 0.1) is 25.4 Å². The van der Waals surface area contributed by atoms with E-state index in [1.54, 1.807) is 19.1 Å². The minimum Gasteiger partial charge on any atom is -0.487 e. The third-order valence-corrected chi connectivity index (χ3v) is 5.32. The molecule has 0 fully saturated rings. The molecule has 0 spiro atoms. The molecule has 0 bridgehead atoms. The minimum atomic E-state index is -0.480. The molecule has 1 aromatic heterocycles. The average molecular weight is 646 g/mol. The fourth-order valence-electron chi connectivity index (χ4n) is 2.48. The number of aryl methyl sites for hydroxylation is 1. The molecule has 0 aliphatic rings. The van der Waals surface area contributed by atoms with Crippen LogP contribution in [-0.4, -0.2) is 37.4 Å². The quantitative estimate of drug-likeness (QED) is 0.183. The summed E-state index contributed by atoms with van der Waals surface area (Å²) in [7, 11) is 1.53. The number of amides is 1. The fraction of sp³-hybridized carbons (Fsp3) is 0.238. The largest absolute Gasteiger partial charge is 0.487 e. The molecule has 1 amide bonds. The highest BCUT2D eigenvalue weighted by Gasteiger charge is 2.14.